The molecule has 86 valence electrons. The maximum absolute atomic E-state index is 4.70. The average molecular weight is 260 g/mol. The van der Waals surface area contributed by atoms with E-state index in [1.54, 1.807) is 22.7 Å². The van der Waals surface area contributed by atoms with Gasteiger partial charge in [0.15, 0.2) is 0 Å². The molecule has 0 amide bonds. The lowest BCUT2D eigenvalue weighted by Gasteiger charge is -2.11. The molecular weight excluding hydrogens is 248 g/mol. The molecule has 4 heteroatoms. The van der Waals surface area contributed by atoms with E-state index in [1.165, 1.54) is 16.0 Å². The average Bonchev–Trinajstić information content (AvgIpc) is 2.96. The first-order chi connectivity index (χ1) is 8.24. The van der Waals surface area contributed by atoms with Crippen LogP contribution in [0.15, 0.2) is 35.0 Å². The lowest BCUT2D eigenvalue weighted by Crippen LogP contribution is -2.07. The van der Waals surface area contributed by atoms with Crippen molar-refractivity contribution in [2.45, 2.75) is 0 Å². The minimum atomic E-state index is 1.09. The molecule has 0 aliphatic carbocycles. The summed E-state index contributed by atoms with van der Waals surface area (Å²) in [4.78, 5) is 6.80. The Kier molecular flexibility index (Phi) is 2.61. The Morgan fingerprint density at radius 2 is 2.06 bits per heavy atom. The van der Waals surface area contributed by atoms with Crippen molar-refractivity contribution in [3.05, 3.63) is 35.0 Å². The maximum Gasteiger partial charge on any atom is 0.125 e. The van der Waals surface area contributed by atoms with Crippen molar-refractivity contribution in [1.29, 1.82) is 0 Å². The van der Waals surface area contributed by atoms with E-state index in [2.05, 4.69) is 39.9 Å². The number of anilines is 1. The van der Waals surface area contributed by atoms with E-state index in [4.69, 9.17) is 4.98 Å². The molecule has 0 aliphatic rings. The van der Waals surface area contributed by atoms with Gasteiger partial charge in [-0.15, -0.1) is 11.3 Å². The van der Waals surface area contributed by atoms with E-state index >= 15 is 0 Å². The van der Waals surface area contributed by atoms with Crippen LogP contribution in [-0.2, 0) is 0 Å². The van der Waals surface area contributed by atoms with Gasteiger partial charge in [0.2, 0.25) is 0 Å². The Morgan fingerprint density at radius 1 is 1.18 bits per heavy atom. The van der Waals surface area contributed by atoms with Crippen LogP contribution in [0.1, 0.15) is 0 Å². The van der Waals surface area contributed by atoms with Crippen LogP contribution in [0, 0.1) is 0 Å². The molecule has 0 radical (unpaired) electrons. The number of hydrogen-bond donors (Lipinski definition) is 0. The van der Waals surface area contributed by atoms with E-state index in [-0.39, 0.29) is 0 Å². The highest BCUT2D eigenvalue weighted by Crippen LogP contribution is 2.32. The van der Waals surface area contributed by atoms with Gasteiger partial charge in [-0.25, -0.2) is 4.98 Å². The van der Waals surface area contributed by atoms with Crippen LogP contribution < -0.4 is 4.90 Å². The number of fused-ring (bicyclic) bond motifs is 1. The third-order valence-electron chi connectivity index (χ3n) is 2.66. The largest absolute Gasteiger partial charge is 0.378 e. The lowest BCUT2D eigenvalue weighted by molar-refractivity contribution is 1.13. The number of rotatable bonds is 2. The Balaban J connectivity index is 2.13. The number of hydrogen-bond acceptors (Lipinski definition) is 4. The van der Waals surface area contributed by atoms with Crippen molar-refractivity contribution >= 4 is 38.6 Å². The highest BCUT2D eigenvalue weighted by molar-refractivity contribution is 7.22. The van der Waals surface area contributed by atoms with E-state index in [0.717, 1.165) is 10.5 Å². The minimum Gasteiger partial charge on any atom is -0.378 e. The molecule has 0 atom stereocenters. The fourth-order valence-corrected chi connectivity index (χ4v) is 3.36. The van der Waals surface area contributed by atoms with Crippen LogP contribution in [-0.4, -0.2) is 19.1 Å². The molecule has 3 aromatic rings. The second-order valence-electron chi connectivity index (χ2n) is 4.08. The molecule has 0 bridgehead atoms. The first-order valence-electron chi connectivity index (χ1n) is 5.34. The van der Waals surface area contributed by atoms with Gasteiger partial charge >= 0.3 is 0 Å². The molecule has 0 unspecified atom stereocenters. The summed E-state index contributed by atoms with van der Waals surface area (Å²) >= 11 is 3.46. The van der Waals surface area contributed by atoms with Crippen LogP contribution in [0.5, 0.6) is 0 Å². The Bertz CT molecular complexity index is 639. The van der Waals surface area contributed by atoms with Crippen molar-refractivity contribution in [3.8, 4) is 10.6 Å². The molecule has 17 heavy (non-hydrogen) atoms. The van der Waals surface area contributed by atoms with Crippen molar-refractivity contribution in [1.82, 2.24) is 4.98 Å². The lowest BCUT2D eigenvalue weighted by atomic mass is 10.3. The summed E-state index contributed by atoms with van der Waals surface area (Å²) in [6.45, 7) is 0. The highest BCUT2D eigenvalue weighted by Gasteiger charge is 2.07. The standard InChI is InChI=1S/C13H12N2S2/c1-15(2)10-3-4-12-11(7-10)14-13(17-12)9-5-6-16-8-9/h3-8H,1-2H3. The van der Waals surface area contributed by atoms with Crippen LogP contribution in [0.4, 0.5) is 5.69 Å². The zero-order valence-corrected chi connectivity index (χ0v) is 11.3. The Labute approximate surface area is 108 Å². The highest BCUT2D eigenvalue weighted by atomic mass is 32.1. The normalized spacial score (nSPS) is 10.9. The van der Waals surface area contributed by atoms with Gasteiger partial charge in [0.1, 0.15) is 5.01 Å². The number of nitrogens with zero attached hydrogens (tertiary/aromatic N) is 2. The van der Waals surface area contributed by atoms with Gasteiger partial charge in [0.05, 0.1) is 10.2 Å². The van der Waals surface area contributed by atoms with E-state index < -0.39 is 0 Å². The zero-order chi connectivity index (χ0) is 11.8. The number of thiazole rings is 1. The Hall–Kier alpha value is -1.39. The zero-order valence-electron chi connectivity index (χ0n) is 9.68. The molecule has 0 saturated carbocycles. The van der Waals surface area contributed by atoms with Gasteiger partial charge < -0.3 is 4.90 Å². The molecule has 3 rings (SSSR count). The SMILES string of the molecule is CN(C)c1ccc2sc(-c3ccsc3)nc2c1. The molecule has 1 aromatic carbocycles. The predicted molar refractivity (Wildman–Crippen MR) is 77.3 cm³/mol. The van der Waals surface area contributed by atoms with Gasteiger partial charge in [-0.05, 0) is 29.6 Å². The fraction of sp³-hybridized carbons (Fsp3) is 0.154. The fourth-order valence-electron chi connectivity index (χ4n) is 1.70. The number of benzene rings is 1. The molecule has 0 N–H and O–H groups in total. The number of thiophene rings is 1. The molecular formula is C13H12N2S2. The molecule has 0 aliphatic heterocycles. The smallest absolute Gasteiger partial charge is 0.125 e. The van der Waals surface area contributed by atoms with Gasteiger partial charge in [0, 0.05) is 30.7 Å². The van der Waals surface area contributed by atoms with E-state index in [9.17, 15) is 0 Å². The third-order valence-corrected chi connectivity index (χ3v) is 4.42. The molecule has 0 spiro atoms. The van der Waals surface area contributed by atoms with Gasteiger partial charge in [-0.3, -0.25) is 0 Å². The van der Waals surface area contributed by atoms with Gasteiger partial charge in [-0.2, -0.15) is 11.3 Å². The minimum absolute atomic E-state index is 1.09. The van der Waals surface area contributed by atoms with Gasteiger partial charge in [-0.1, -0.05) is 0 Å². The molecule has 0 fully saturated rings. The van der Waals surface area contributed by atoms with Crippen LogP contribution in [0.3, 0.4) is 0 Å². The molecule has 2 heterocycles. The molecule has 2 aromatic heterocycles. The summed E-state index contributed by atoms with van der Waals surface area (Å²) in [5.41, 5.74) is 3.50. The van der Waals surface area contributed by atoms with Crippen molar-refractivity contribution in [2.24, 2.45) is 0 Å². The summed E-state index contributed by atoms with van der Waals surface area (Å²) in [5.74, 6) is 0. The van der Waals surface area contributed by atoms with E-state index in [1.807, 2.05) is 14.1 Å². The first kappa shape index (κ1) is 10.7. The van der Waals surface area contributed by atoms with Gasteiger partial charge in [0.25, 0.3) is 0 Å². The summed E-state index contributed by atoms with van der Waals surface area (Å²) < 4.78 is 1.25. The Morgan fingerprint density at radius 3 is 2.76 bits per heavy atom. The number of aromatic nitrogens is 1. The van der Waals surface area contributed by atoms with Crippen molar-refractivity contribution in [2.75, 3.05) is 19.0 Å². The van der Waals surface area contributed by atoms with Crippen molar-refractivity contribution < 1.29 is 0 Å². The first-order valence-corrected chi connectivity index (χ1v) is 7.10. The molecule has 2 nitrogen and oxygen atoms in total. The van der Waals surface area contributed by atoms with Crippen LogP contribution in [0.2, 0.25) is 0 Å². The topological polar surface area (TPSA) is 16.1 Å². The maximum atomic E-state index is 4.70. The third kappa shape index (κ3) is 1.94. The second-order valence-corrected chi connectivity index (χ2v) is 5.89. The molecule has 0 saturated heterocycles. The van der Waals surface area contributed by atoms with E-state index in [0.29, 0.717) is 0 Å². The summed E-state index contributed by atoms with van der Waals surface area (Å²) in [6.07, 6.45) is 0. The van der Waals surface area contributed by atoms with Crippen LogP contribution in [0.25, 0.3) is 20.8 Å². The van der Waals surface area contributed by atoms with Crippen LogP contribution >= 0.6 is 22.7 Å². The van der Waals surface area contributed by atoms with Crippen molar-refractivity contribution in [3.63, 3.8) is 0 Å². The predicted octanol–water partition coefficient (Wildman–Crippen LogP) is 4.09. The second kappa shape index (κ2) is 4.13. The summed E-state index contributed by atoms with van der Waals surface area (Å²) in [6, 6.07) is 8.55. The summed E-state index contributed by atoms with van der Waals surface area (Å²) in [7, 11) is 4.10. The quantitative estimate of drug-likeness (QED) is 0.690. The monoisotopic (exact) mass is 260 g/mol. The summed E-state index contributed by atoms with van der Waals surface area (Å²) in [5, 5.41) is 5.34.